The van der Waals surface area contributed by atoms with E-state index < -0.39 is 0 Å². The Hall–Kier alpha value is -1.35. The van der Waals surface area contributed by atoms with Gasteiger partial charge in [-0.3, -0.25) is 4.79 Å². The van der Waals surface area contributed by atoms with Gasteiger partial charge in [-0.15, -0.1) is 0 Å². The highest BCUT2D eigenvalue weighted by Crippen LogP contribution is 2.17. The van der Waals surface area contributed by atoms with Gasteiger partial charge in [-0.05, 0) is 18.7 Å². The zero-order chi connectivity index (χ0) is 11.3. The normalized spacial score (nSPS) is 10.1. The van der Waals surface area contributed by atoms with Crippen LogP contribution in [0.1, 0.15) is 17.3 Å². The monoisotopic (exact) mass is 206 g/mol. The third-order valence-corrected chi connectivity index (χ3v) is 2.22. The third-order valence-electron chi connectivity index (χ3n) is 2.22. The van der Waals surface area contributed by atoms with Gasteiger partial charge in [0.2, 0.25) is 0 Å². The van der Waals surface area contributed by atoms with Gasteiger partial charge in [0.15, 0.2) is 5.78 Å². The van der Waals surface area contributed by atoms with E-state index in [1.54, 1.807) is 0 Å². The van der Waals surface area contributed by atoms with Gasteiger partial charge in [0.1, 0.15) is 0 Å². The zero-order valence-electron chi connectivity index (χ0n) is 9.58. The quantitative estimate of drug-likeness (QED) is 0.742. The van der Waals surface area contributed by atoms with Crippen LogP contribution in [-0.2, 0) is 0 Å². The Bertz CT molecular complexity index is 334. The van der Waals surface area contributed by atoms with E-state index in [1.165, 1.54) is 0 Å². The molecule has 0 saturated carbocycles. The minimum atomic E-state index is 0.140. The van der Waals surface area contributed by atoms with Gasteiger partial charge < -0.3 is 10.2 Å². The van der Waals surface area contributed by atoms with Crippen molar-refractivity contribution in [3.05, 3.63) is 29.8 Å². The van der Waals surface area contributed by atoms with Gasteiger partial charge >= 0.3 is 0 Å². The Labute approximate surface area is 91.1 Å². The Balaban J connectivity index is 2.87. The lowest BCUT2D eigenvalue weighted by molar-refractivity contribution is 0.0992. The summed E-state index contributed by atoms with van der Waals surface area (Å²) in [5.41, 5.74) is 1.75. The second kappa shape index (κ2) is 5.51. The molecule has 3 heteroatoms. The van der Waals surface area contributed by atoms with Crippen LogP contribution < -0.4 is 10.2 Å². The summed E-state index contributed by atoms with van der Waals surface area (Å²) in [6.07, 6.45) is 0. The van der Waals surface area contributed by atoms with E-state index in [0.29, 0.717) is 6.54 Å². The highest BCUT2D eigenvalue weighted by Gasteiger charge is 2.10. The van der Waals surface area contributed by atoms with E-state index >= 15 is 0 Å². The van der Waals surface area contributed by atoms with Gasteiger partial charge in [0.05, 0.1) is 6.54 Å². The molecular weight excluding hydrogens is 188 g/mol. The van der Waals surface area contributed by atoms with Crippen LogP contribution in [0, 0.1) is 0 Å². The van der Waals surface area contributed by atoms with Crippen LogP contribution in [0.4, 0.5) is 5.69 Å². The lowest BCUT2D eigenvalue weighted by Gasteiger charge is -2.16. The number of ketones is 1. The molecule has 0 bridgehead atoms. The van der Waals surface area contributed by atoms with Gasteiger partial charge in [-0.2, -0.15) is 0 Å². The van der Waals surface area contributed by atoms with Crippen molar-refractivity contribution in [1.82, 2.24) is 5.32 Å². The Morgan fingerprint density at radius 2 is 2.00 bits per heavy atom. The maximum absolute atomic E-state index is 11.8. The molecule has 0 fully saturated rings. The minimum Gasteiger partial charge on any atom is -0.377 e. The zero-order valence-corrected chi connectivity index (χ0v) is 9.58. The molecule has 0 amide bonds. The van der Waals surface area contributed by atoms with E-state index in [9.17, 15) is 4.79 Å². The largest absolute Gasteiger partial charge is 0.377 e. The van der Waals surface area contributed by atoms with E-state index in [4.69, 9.17) is 0 Å². The number of carbonyl (C=O) groups excluding carboxylic acids is 1. The van der Waals surface area contributed by atoms with Crippen LogP contribution in [0.15, 0.2) is 24.3 Å². The van der Waals surface area contributed by atoms with Crippen molar-refractivity contribution < 1.29 is 4.79 Å². The van der Waals surface area contributed by atoms with E-state index in [-0.39, 0.29) is 5.78 Å². The van der Waals surface area contributed by atoms with Crippen molar-refractivity contribution >= 4 is 11.5 Å². The average molecular weight is 206 g/mol. The first-order chi connectivity index (χ1) is 7.16. The molecule has 1 rings (SSSR count). The molecule has 1 aromatic rings. The van der Waals surface area contributed by atoms with Crippen molar-refractivity contribution in [2.75, 3.05) is 32.1 Å². The Morgan fingerprint density at radius 1 is 1.33 bits per heavy atom. The average Bonchev–Trinajstić information content (AvgIpc) is 2.25. The number of hydrogen-bond donors (Lipinski definition) is 1. The number of benzene rings is 1. The van der Waals surface area contributed by atoms with Crippen LogP contribution >= 0.6 is 0 Å². The summed E-state index contributed by atoms with van der Waals surface area (Å²) in [5.74, 6) is 0.140. The van der Waals surface area contributed by atoms with Crippen LogP contribution in [0.5, 0.6) is 0 Å². The molecule has 1 N–H and O–H groups in total. The standard InChI is InChI=1S/C12H18N2O/c1-4-13-9-12(15)10-7-5-6-8-11(10)14(2)3/h5-8,13H,4,9H2,1-3H3. The van der Waals surface area contributed by atoms with Crippen molar-refractivity contribution in [3.8, 4) is 0 Å². The molecule has 0 atom stereocenters. The highest BCUT2D eigenvalue weighted by atomic mass is 16.1. The molecule has 0 heterocycles. The van der Waals surface area contributed by atoms with Crippen molar-refractivity contribution in [2.24, 2.45) is 0 Å². The molecular formula is C12H18N2O. The molecule has 0 aliphatic carbocycles. The second-order valence-electron chi connectivity index (χ2n) is 3.62. The second-order valence-corrected chi connectivity index (χ2v) is 3.62. The number of nitrogens with zero attached hydrogens (tertiary/aromatic N) is 1. The summed E-state index contributed by atoms with van der Waals surface area (Å²) in [7, 11) is 3.89. The van der Waals surface area contributed by atoms with Crippen LogP contribution in [0.25, 0.3) is 0 Å². The lowest BCUT2D eigenvalue weighted by Crippen LogP contribution is -2.24. The number of nitrogens with one attached hydrogen (secondary N) is 1. The summed E-state index contributed by atoms with van der Waals surface area (Å²) >= 11 is 0. The molecule has 82 valence electrons. The predicted molar refractivity (Wildman–Crippen MR) is 63.6 cm³/mol. The maximum atomic E-state index is 11.8. The van der Waals surface area contributed by atoms with E-state index in [1.807, 2.05) is 50.2 Å². The molecule has 15 heavy (non-hydrogen) atoms. The highest BCUT2D eigenvalue weighted by molar-refractivity contribution is 6.02. The molecule has 0 saturated heterocycles. The first kappa shape index (κ1) is 11.7. The number of Topliss-reactive ketones (excluding diaryl/α,β-unsaturated/α-hetero) is 1. The van der Waals surface area contributed by atoms with E-state index in [2.05, 4.69) is 5.32 Å². The fourth-order valence-corrected chi connectivity index (χ4v) is 1.43. The molecule has 3 nitrogen and oxygen atoms in total. The molecule has 0 aromatic heterocycles. The predicted octanol–water partition coefficient (Wildman–Crippen LogP) is 1.54. The van der Waals surface area contributed by atoms with Crippen LogP contribution in [0.2, 0.25) is 0 Å². The number of rotatable bonds is 5. The minimum absolute atomic E-state index is 0.140. The van der Waals surface area contributed by atoms with Crippen LogP contribution in [-0.4, -0.2) is 33.0 Å². The molecule has 0 unspecified atom stereocenters. The van der Waals surface area contributed by atoms with Crippen molar-refractivity contribution in [3.63, 3.8) is 0 Å². The number of likely N-dealkylation sites (N-methyl/N-ethyl adjacent to an activating group) is 1. The Morgan fingerprint density at radius 3 is 2.60 bits per heavy atom. The molecule has 1 aromatic carbocycles. The maximum Gasteiger partial charge on any atom is 0.178 e. The summed E-state index contributed by atoms with van der Waals surface area (Å²) in [6, 6.07) is 7.67. The smallest absolute Gasteiger partial charge is 0.178 e. The van der Waals surface area contributed by atoms with Crippen LogP contribution in [0.3, 0.4) is 0 Å². The molecule has 0 aliphatic rings. The third kappa shape index (κ3) is 3.06. The molecule has 0 aliphatic heterocycles. The van der Waals surface area contributed by atoms with Crippen molar-refractivity contribution in [1.29, 1.82) is 0 Å². The Kier molecular flexibility index (Phi) is 4.31. The van der Waals surface area contributed by atoms with Gasteiger partial charge in [-0.1, -0.05) is 19.1 Å². The first-order valence-electron chi connectivity index (χ1n) is 5.17. The summed E-state index contributed by atoms with van der Waals surface area (Å²) < 4.78 is 0. The topological polar surface area (TPSA) is 32.3 Å². The van der Waals surface area contributed by atoms with Crippen molar-refractivity contribution in [2.45, 2.75) is 6.92 Å². The molecule has 0 spiro atoms. The van der Waals surface area contributed by atoms with Gasteiger partial charge in [0.25, 0.3) is 0 Å². The number of carbonyl (C=O) groups is 1. The molecule has 0 radical (unpaired) electrons. The fourth-order valence-electron chi connectivity index (χ4n) is 1.43. The number of anilines is 1. The van der Waals surface area contributed by atoms with Gasteiger partial charge in [0, 0.05) is 25.3 Å². The summed E-state index contributed by atoms with van der Waals surface area (Å²) in [6.45, 7) is 3.21. The number of hydrogen-bond acceptors (Lipinski definition) is 3. The SMILES string of the molecule is CCNCC(=O)c1ccccc1N(C)C. The fraction of sp³-hybridized carbons (Fsp3) is 0.417. The summed E-state index contributed by atoms with van der Waals surface area (Å²) in [5, 5.41) is 3.04. The summed E-state index contributed by atoms with van der Waals surface area (Å²) in [4.78, 5) is 13.8. The lowest BCUT2D eigenvalue weighted by atomic mass is 10.1. The number of para-hydroxylation sites is 1. The van der Waals surface area contributed by atoms with E-state index in [0.717, 1.165) is 17.8 Å². The van der Waals surface area contributed by atoms with Gasteiger partial charge in [-0.25, -0.2) is 0 Å². The first-order valence-corrected chi connectivity index (χ1v) is 5.17.